The highest BCUT2D eigenvalue weighted by Gasteiger charge is 2.24. The molecule has 0 radical (unpaired) electrons. The van der Waals surface area contributed by atoms with Crippen LogP contribution in [0.4, 0.5) is 0 Å². The second-order valence-electron chi connectivity index (χ2n) is 6.00. The van der Waals surface area contributed by atoms with E-state index in [0.29, 0.717) is 32.7 Å². The molecular weight excluding hydrogens is 320 g/mol. The molecule has 1 fully saturated rings. The summed E-state index contributed by atoms with van der Waals surface area (Å²) in [4.78, 5) is 39.4. The highest BCUT2D eigenvalue weighted by molar-refractivity contribution is 5.92. The van der Waals surface area contributed by atoms with Crippen molar-refractivity contribution in [2.75, 3.05) is 26.2 Å². The summed E-state index contributed by atoms with van der Waals surface area (Å²) in [6, 6.07) is 12.3. The number of hydrogen-bond acceptors (Lipinski definition) is 4. The van der Waals surface area contributed by atoms with Crippen LogP contribution in [0.25, 0.3) is 0 Å². The van der Waals surface area contributed by atoms with E-state index in [0.717, 1.165) is 5.56 Å². The Bertz CT molecular complexity index is 824. The van der Waals surface area contributed by atoms with Crippen molar-refractivity contribution in [1.82, 2.24) is 19.6 Å². The summed E-state index contributed by atoms with van der Waals surface area (Å²) < 4.78 is 1.30. The van der Waals surface area contributed by atoms with E-state index in [9.17, 15) is 14.4 Å². The van der Waals surface area contributed by atoms with E-state index in [4.69, 9.17) is 0 Å². The average Bonchev–Trinajstić information content (AvgIpc) is 2.64. The average molecular weight is 340 g/mol. The van der Waals surface area contributed by atoms with Gasteiger partial charge in [-0.15, -0.1) is 0 Å². The van der Waals surface area contributed by atoms with Gasteiger partial charge in [0.2, 0.25) is 5.91 Å². The van der Waals surface area contributed by atoms with Crippen LogP contribution in [0.2, 0.25) is 0 Å². The van der Waals surface area contributed by atoms with Crippen molar-refractivity contribution in [1.29, 1.82) is 0 Å². The molecule has 0 spiro atoms. The molecule has 2 aromatic rings. The van der Waals surface area contributed by atoms with Gasteiger partial charge >= 0.3 is 0 Å². The highest BCUT2D eigenvalue weighted by atomic mass is 16.2. The Kier molecular flexibility index (Phi) is 4.92. The maximum Gasteiger partial charge on any atom is 0.274 e. The number of benzene rings is 1. The van der Waals surface area contributed by atoms with Gasteiger partial charge < -0.3 is 9.80 Å². The SMILES string of the molecule is CC(=O)N1CCN(C(=O)c2ccc(=O)n(Cc3ccccc3)n2)CC1. The zero-order chi connectivity index (χ0) is 17.8. The Hall–Kier alpha value is -2.96. The van der Waals surface area contributed by atoms with Gasteiger partial charge in [-0.2, -0.15) is 5.10 Å². The minimum Gasteiger partial charge on any atom is -0.339 e. The van der Waals surface area contributed by atoms with E-state index < -0.39 is 0 Å². The maximum absolute atomic E-state index is 12.6. The van der Waals surface area contributed by atoms with Crippen molar-refractivity contribution in [3.8, 4) is 0 Å². The third kappa shape index (κ3) is 3.93. The first-order chi connectivity index (χ1) is 12.0. The second kappa shape index (κ2) is 7.29. The number of hydrogen-bond donors (Lipinski definition) is 0. The van der Waals surface area contributed by atoms with Gasteiger partial charge in [-0.25, -0.2) is 4.68 Å². The predicted molar refractivity (Wildman–Crippen MR) is 92.2 cm³/mol. The van der Waals surface area contributed by atoms with Crippen LogP contribution in [0.5, 0.6) is 0 Å². The van der Waals surface area contributed by atoms with Crippen LogP contribution in [-0.2, 0) is 11.3 Å². The lowest BCUT2D eigenvalue weighted by atomic mass is 10.2. The van der Waals surface area contributed by atoms with Crippen LogP contribution in [0, 0.1) is 0 Å². The summed E-state index contributed by atoms with van der Waals surface area (Å²) in [5.74, 6) is -0.202. The standard InChI is InChI=1S/C18H20N4O3/c1-14(23)20-9-11-21(12-10-20)18(25)16-7-8-17(24)22(19-16)13-15-5-3-2-4-6-15/h2-8H,9-13H2,1H3. The van der Waals surface area contributed by atoms with Gasteiger partial charge in [-0.3, -0.25) is 14.4 Å². The first-order valence-corrected chi connectivity index (χ1v) is 8.21. The predicted octanol–water partition coefficient (Wildman–Crippen LogP) is 0.596. The number of carbonyl (C=O) groups excluding carboxylic acids is 2. The largest absolute Gasteiger partial charge is 0.339 e. The normalized spacial score (nSPS) is 14.4. The number of aromatic nitrogens is 2. The maximum atomic E-state index is 12.6. The number of carbonyl (C=O) groups is 2. The van der Waals surface area contributed by atoms with Gasteiger partial charge in [-0.1, -0.05) is 30.3 Å². The molecule has 1 aromatic heterocycles. The first kappa shape index (κ1) is 16.9. The minimum absolute atomic E-state index is 0.0154. The van der Waals surface area contributed by atoms with Crippen LogP contribution in [0.3, 0.4) is 0 Å². The summed E-state index contributed by atoms with van der Waals surface area (Å²) in [7, 11) is 0. The minimum atomic E-state index is -0.248. The number of amides is 2. The lowest BCUT2D eigenvalue weighted by molar-refractivity contribution is -0.130. The van der Waals surface area contributed by atoms with Gasteiger partial charge in [0.15, 0.2) is 0 Å². The fraction of sp³-hybridized carbons (Fsp3) is 0.333. The molecule has 0 N–H and O–H groups in total. The molecule has 3 rings (SSSR count). The Morgan fingerprint density at radius 1 is 0.960 bits per heavy atom. The molecular formula is C18H20N4O3. The van der Waals surface area contributed by atoms with E-state index in [1.165, 1.54) is 23.7 Å². The summed E-state index contributed by atoms with van der Waals surface area (Å²) >= 11 is 0. The van der Waals surface area contributed by atoms with Crippen LogP contribution in [-0.4, -0.2) is 57.6 Å². The van der Waals surface area contributed by atoms with E-state index in [2.05, 4.69) is 5.10 Å². The lowest BCUT2D eigenvalue weighted by Crippen LogP contribution is -2.50. The van der Waals surface area contributed by atoms with Gasteiger partial charge in [0, 0.05) is 39.2 Å². The molecule has 1 aliphatic rings. The van der Waals surface area contributed by atoms with Crippen molar-refractivity contribution >= 4 is 11.8 Å². The quantitative estimate of drug-likeness (QED) is 0.820. The molecule has 0 saturated carbocycles. The Balaban J connectivity index is 1.74. The third-order valence-corrected chi connectivity index (χ3v) is 4.27. The zero-order valence-electron chi connectivity index (χ0n) is 14.1. The van der Waals surface area contributed by atoms with Crippen molar-refractivity contribution in [2.24, 2.45) is 0 Å². The second-order valence-corrected chi connectivity index (χ2v) is 6.00. The molecule has 130 valence electrons. The smallest absolute Gasteiger partial charge is 0.274 e. The molecule has 25 heavy (non-hydrogen) atoms. The molecule has 0 atom stereocenters. The van der Waals surface area contributed by atoms with Crippen LogP contribution in [0.15, 0.2) is 47.3 Å². The van der Waals surface area contributed by atoms with E-state index >= 15 is 0 Å². The molecule has 1 saturated heterocycles. The number of piperazine rings is 1. The molecule has 1 aromatic carbocycles. The molecule has 7 heteroatoms. The van der Waals surface area contributed by atoms with Crippen molar-refractivity contribution in [2.45, 2.75) is 13.5 Å². The molecule has 0 unspecified atom stereocenters. The van der Waals surface area contributed by atoms with Gasteiger partial charge in [0.05, 0.1) is 6.54 Å². The van der Waals surface area contributed by atoms with E-state index in [1.807, 2.05) is 30.3 Å². The molecule has 0 aliphatic carbocycles. The number of rotatable bonds is 3. The van der Waals surface area contributed by atoms with Gasteiger partial charge in [0.1, 0.15) is 5.69 Å². The monoisotopic (exact) mass is 340 g/mol. The summed E-state index contributed by atoms with van der Waals surface area (Å²) in [5.41, 5.74) is 0.936. The summed E-state index contributed by atoms with van der Waals surface area (Å²) in [6.45, 7) is 3.82. The van der Waals surface area contributed by atoms with Crippen LogP contribution < -0.4 is 5.56 Å². The molecule has 7 nitrogen and oxygen atoms in total. The van der Waals surface area contributed by atoms with Gasteiger partial charge in [-0.05, 0) is 11.6 Å². The highest BCUT2D eigenvalue weighted by Crippen LogP contribution is 2.07. The van der Waals surface area contributed by atoms with E-state index in [1.54, 1.807) is 9.80 Å². The Labute approximate surface area is 145 Å². The molecule has 2 amide bonds. The Morgan fingerprint density at radius 3 is 2.24 bits per heavy atom. The third-order valence-electron chi connectivity index (χ3n) is 4.27. The first-order valence-electron chi connectivity index (χ1n) is 8.21. The molecule has 1 aliphatic heterocycles. The fourth-order valence-electron chi connectivity index (χ4n) is 2.82. The fourth-order valence-corrected chi connectivity index (χ4v) is 2.82. The van der Waals surface area contributed by atoms with Crippen LogP contribution in [0.1, 0.15) is 23.0 Å². The number of nitrogens with zero attached hydrogens (tertiary/aromatic N) is 4. The van der Waals surface area contributed by atoms with Crippen molar-refractivity contribution < 1.29 is 9.59 Å². The molecule has 2 heterocycles. The zero-order valence-corrected chi connectivity index (χ0v) is 14.1. The van der Waals surface area contributed by atoms with Crippen LogP contribution >= 0.6 is 0 Å². The lowest BCUT2D eigenvalue weighted by Gasteiger charge is -2.34. The van der Waals surface area contributed by atoms with Crippen molar-refractivity contribution in [3.63, 3.8) is 0 Å². The molecule has 0 bridgehead atoms. The summed E-state index contributed by atoms with van der Waals surface area (Å²) in [6.07, 6.45) is 0. The van der Waals surface area contributed by atoms with Crippen molar-refractivity contribution in [3.05, 3.63) is 64.1 Å². The van der Waals surface area contributed by atoms with E-state index in [-0.39, 0.29) is 23.1 Å². The summed E-state index contributed by atoms with van der Waals surface area (Å²) in [5, 5.41) is 4.23. The van der Waals surface area contributed by atoms with Gasteiger partial charge in [0.25, 0.3) is 11.5 Å². The topological polar surface area (TPSA) is 75.5 Å². The Morgan fingerprint density at radius 2 is 1.60 bits per heavy atom.